The molecule has 1 rings (SSSR count). The zero-order valence-electron chi connectivity index (χ0n) is 12.0. The molecule has 0 fully saturated rings. The maximum absolute atomic E-state index is 11.8. The Morgan fingerprint density at radius 1 is 1.29 bits per heavy atom. The molecule has 0 saturated carbocycles. The minimum Gasteiger partial charge on any atom is -0.481 e. The molecule has 0 aromatic carbocycles. The third-order valence-electron chi connectivity index (χ3n) is 3.17. The van der Waals surface area contributed by atoms with Gasteiger partial charge in [-0.3, -0.25) is 19.4 Å². The number of aromatic nitrogens is 2. The van der Waals surface area contributed by atoms with Gasteiger partial charge < -0.3 is 15.4 Å². The number of amides is 1. The van der Waals surface area contributed by atoms with Crippen LogP contribution in [0, 0.1) is 5.41 Å². The van der Waals surface area contributed by atoms with Crippen LogP contribution in [0.1, 0.15) is 43.5 Å². The second-order valence-electron chi connectivity index (χ2n) is 5.55. The van der Waals surface area contributed by atoms with Crippen LogP contribution < -0.4 is 16.6 Å². The van der Waals surface area contributed by atoms with Gasteiger partial charge in [0.2, 0.25) is 0 Å². The average Bonchev–Trinajstić information content (AvgIpc) is 2.36. The van der Waals surface area contributed by atoms with E-state index in [1.165, 1.54) is 0 Å². The fraction of sp³-hybridized carbons (Fsp3) is 0.538. The smallest absolute Gasteiger partial charge is 0.325 e. The quantitative estimate of drug-likeness (QED) is 0.565. The monoisotopic (exact) mass is 297 g/mol. The Hall–Kier alpha value is -2.38. The van der Waals surface area contributed by atoms with Gasteiger partial charge >= 0.3 is 11.7 Å². The van der Waals surface area contributed by atoms with E-state index in [0.717, 1.165) is 6.20 Å². The summed E-state index contributed by atoms with van der Waals surface area (Å²) >= 11 is 0. The molecule has 0 unspecified atom stereocenters. The Morgan fingerprint density at radius 2 is 1.95 bits per heavy atom. The lowest BCUT2D eigenvalue weighted by Crippen LogP contribution is -2.35. The number of aromatic amines is 2. The van der Waals surface area contributed by atoms with Crippen LogP contribution in [-0.4, -0.2) is 33.5 Å². The van der Waals surface area contributed by atoms with Crippen LogP contribution in [0.15, 0.2) is 15.8 Å². The standard InChI is InChI=1S/C13H19N3O5/c1-13(2,4-3-9(17)18)5-6-14-10(19)8-7-15-12(21)16-11(8)20/h7H,3-6H2,1-2H3,(H,14,19)(H,17,18)(H2,15,16,20,21). The third kappa shape index (κ3) is 5.64. The molecule has 21 heavy (non-hydrogen) atoms. The average molecular weight is 297 g/mol. The van der Waals surface area contributed by atoms with Crippen molar-refractivity contribution in [3.63, 3.8) is 0 Å². The first-order valence-electron chi connectivity index (χ1n) is 6.53. The lowest BCUT2D eigenvalue weighted by molar-refractivity contribution is -0.137. The maximum Gasteiger partial charge on any atom is 0.325 e. The summed E-state index contributed by atoms with van der Waals surface area (Å²) in [5.41, 5.74) is -1.83. The summed E-state index contributed by atoms with van der Waals surface area (Å²) in [6, 6.07) is 0. The molecule has 1 amide bonds. The Bertz CT molecular complexity index is 629. The Balaban J connectivity index is 2.52. The molecule has 0 aliphatic carbocycles. The fourth-order valence-corrected chi connectivity index (χ4v) is 1.76. The lowest BCUT2D eigenvalue weighted by atomic mass is 9.84. The van der Waals surface area contributed by atoms with Gasteiger partial charge in [-0.25, -0.2) is 4.79 Å². The Labute approximate surface area is 120 Å². The van der Waals surface area contributed by atoms with E-state index in [1.807, 2.05) is 18.8 Å². The molecule has 0 atom stereocenters. The van der Waals surface area contributed by atoms with Gasteiger partial charge in [0.25, 0.3) is 11.5 Å². The molecule has 116 valence electrons. The third-order valence-corrected chi connectivity index (χ3v) is 3.17. The lowest BCUT2D eigenvalue weighted by Gasteiger charge is -2.23. The first-order valence-corrected chi connectivity index (χ1v) is 6.53. The molecule has 1 heterocycles. The van der Waals surface area contributed by atoms with E-state index in [1.54, 1.807) is 0 Å². The van der Waals surface area contributed by atoms with Gasteiger partial charge in [0.05, 0.1) is 0 Å². The van der Waals surface area contributed by atoms with Crippen LogP contribution in [0.4, 0.5) is 0 Å². The number of carbonyl (C=O) groups is 2. The summed E-state index contributed by atoms with van der Waals surface area (Å²) in [5.74, 6) is -1.44. The molecule has 1 aromatic heterocycles. The van der Waals surface area contributed by atoms with Gasteiger partial charge in [-0.1, -0.05) is 13.8 Å². The second-order valence-corrected chi connectivity index (χ2v) is 5.55. The van der Waals surface area contributed by atoms with E-state index < -0.39 is 23.1 Å². The highest BCUT2D eigenvalue weighted by Gasteiger charge is 2.19. The molecule has 1 aromatic rings. The summed E-state index contributed by atoms with van der Waals surface area (Å²) in [6.07, 6.45) is 2.21. The minimum atomic E-state index is -0.855. The number of carboxylic acid groups (broad SMARTS) is 1. The van der Waals surface area contributed by atoms with Crippen molar-refractivity contribution < 1.29 is 14.7 Å². The van der Waals surface area contributed by atoms with Crippen LogP contribution in [0.5, 0.6) is 0 Å². The highest BCUT2D eigenvalue weighted by atomic mass is 16.4. The predicted octanol–water partition coefficient (Wildman–Crippen LogP) is 0.0741. The molecule has 0 spiro atoms. The Kier molecular flexibility index (Phi) is 5.45. The number of rotatable bonds is 7. The molecular formula is C13H19N3O5. The molecule has 4 N–H and O–H groups in total. The fourth-order valence-electron chi connectivity index (χ4n) is 1.76. The van der Waals surface area contributed by atoms with Crippen LogP contribution in [-0.2, 0) is 4.79 Å². The molecule has 0 radical (unpaired) electrons. The number of nitrogens with one attached hydrogen (secondary N) is 3. The van der Waals surface area contributed by atoms with Crippen molar-refractivity contribution >= 4 is 11.9 Å². The minimum absolute atomic E-state index is 0.0700. The highest BCUT2D eigenvalue weighted by molar-refractivity contribution is 5.93. The second kappa shape index (κ2) is 6.87. The topological polar surface area (TPSA) is 132 Å². The van der Waals surface area contributed by atoms with Crippen molar-refractivity contribution in [2.75, 3.05) is 6.54 Å². The molecule has 8 nitrogen and oxygen atoms in total. The van der Waals surface area contributed by atoms with E-state index in [2.05, 4.69) is 10.3 Å². The predicted molar refractivity (Wildman–Crippen MR) is 75.3 cm³/mol. The Morgan fingerprint density at radius 3 is 2.52 bits per heavy atom. The van der Waals surface area contributed by atoms with Gasteiger partial charge in [-0.15, -0.1) is 0 Å². The summed E-state index contributed by atoms with van der Waals surface area (Å²) in [6.45, 7) is 4.13. The number of H-pyrrole nitrogens is 2. The van der Waals surface area contributed by atoms with E-state index in [-0.39, 0.29) is 17.4 Å². The zero-order valence-corrected chi connectivity index (χ0v) is 12.0. The largest absolute Gasteiger partial charge is 0.481 e. The summed E-state index contributed by atoms with van der Waals surface area (Å²) in [7, 11) is 0. The molecule has 0 bridgehead atoms. The summed E-state index contributed by atoms with van der Waals surface area (Å²) in [4.78, 5) is 48.8. The molecular weight excluding hydrogens is 278 g/mol. The number of carboxylic acids is 1. The van der Waals surface area contributed by atoms with Crippen molar-refractivity contribution in [1.82, 2.24) is 15.3 Å². The number of hydrogen-bond donors (Lipinski definition) is 4. The molecule has 8 heteroatoms. The highest BCUT2D eigenvalue weighted by Crippen LogP contribution is 2.25. The van der Waals surface area contributed by atoms with Crippen LogP contribution in [0.2, 0.25) is 0 Å². The van der Waals surface area contributed by atoms with E-state index in [9.17, 15) is 19.2 Å². The van der Waals surface area contributed by atoms with E-state index in [4.69, 9.17) is 5.11 Å². The van der Waals surface area contributed by atoms with Crippen molar-refractivity contribution in [3.8, 4) is 0 Å². The molecule has 0 aliphatic rings. The van der Waals surface area contributed by atoms with Crippen LogP contribution in [0.3, 0.4) is 0 Å². The van der Waals surface area contributed by atoms with Crippen molar-refractivity contribution in [2.24, 2.45) is 5.41 Å². The normalized spacial score (nSPS) is 11.1. The number of carbonyl (C=O) groups excluding carboxylic acids is 1. The summed E-state index contributed by atoms with van der Waals surface area (Å²) < 4.78 is 0. The number of hydrogen-bond acceptors (Lipinski definition) is 4. The van der Waals surface area contributed by atoms with Crippen molar-refractivity contribution in [2.45, 2.75) is 33.1 Å². The maximum atomic E-state index is 11.8. The zero-order chi connectivity index (χ0) is 16.0. The van der Waals surface area contributed by atoms with Gasteiger partial charge in [0, 0.05) is 19.2 Å². The molecule has 0 saturated heterocycles. The van der Waals surface area contributed by atoms with E-state index >= 15 is 0 Å². The van der Waals surface area contributed by atoms with E-state index in [0.29, 0.717) is 19.4 Å². The van der Waals surface area contributed by atoms with Crippen LogP contribution >= 0.6 is 0 Å². The summed E-state index contributed by atoms with van der Waals surface area (Å²) in [5, 5.41) is 11.2. The van der Waals surface area contributed by atoms with Gasteiger partial charge in [-0.2, -0.15) is 0 Å². The van der Waals surface area contributed by atoms with Gasteiger partial charge in [0.15, 0.2) is 0 Å². The van der Waals surface area contributed by atoms with Gasteiger partial charge in [0.1, 0.15) is 5.56 Å². The number of aliphatic carboxylic acids is 1. The SMILES string of the molecule is CC(C)(CCNC(=O)c1c[nH]c(=O)[nH]c1=O)CCC(=O)O. The first kappa shape index (κ1) is 16.7. The van der Waals surface area contributed by atoms with Crippen molar-refractivity contribution in [3.05, 3.63) is 32.6 Å². The first-order chi connectivity index (χ1) is 9.71. The van der Waals surface area contributed by atoms with Gasteiger partial charge in [-0.05, 0) is 18.3 Å². The van der Waals surface area contributed by atoms with Crippen molar-refractivity contribution in [1.29, 1.82) is 0 Å². The van der Waals surface area contributed by atoms with Crippen LogP contribution in [0.25, 0.3) is 0 Å². The molecule has 0 aliphatic heterocycles.